The molecule has 0 N–H and O–H groups in total. The number of aryl methyl sites for hydroxylation is 1. The summed E-state index contributed by atoms with van der Waals surface area (Å²) < 4.78 is 19.2. The SMILES string of the molecule is C=C(CS)C(=O)Oc1ccc(-c2ccc(CCCCC)cc2)cc1F. The van der Waals surface area contributed by atoms with Crippen molar-refractivity contribution < 1.29 is 13.9 Å². The first-order valence-electron chi connectivity index (χ1n) is 8.44. The summed E-state index contributed by atoms with van der Waals surface area (Å²) in [6.45, 7) is 5.71. The molecular formula is C21H23FO2S. The molecule has 2 aromatic rings. The lowest BCUT2D eigenvalue weighted by Crippen LogP contribution is -2.12. The summed E-state index contributed by atoms with van der Waals surface area (Å²) in [6.07, 6.45) is 4.68. The molecule has 0 amide bonds. The van der Waals surface area contributed by atoms with Gasteiger partial charge in [0.05, 0.1) is 0 Å². The third kappa shape index (κ3) is 5.46. The number of hydrogen-bond donors (Lipinski definition) is 1. The van der Waals surface area contributed by atoms with Gasteiger partial charge in [0.25, 0.3) is 0 Å². The summed E-state index contributed by atoms with van der Waals surface area (Å²) in [4.78, 5) is 11.7. The number of unbranched alkanes of at least 4 members (excludes halogenated alkanes) is 2. The Labute approximate surface area is 154 Å². The number of benzene rings is 2. The third-order valence-electron chi connectivity index (χ3n) is 3.97. The molecule has 0 fully saturated rings. The molecule has 2 aromatic carbocycles. The molecule has 0 aromatic heterocycles. The summed E-state index contributed by atoms with van der Waals surface area (Å²) in [6, 6.07) is 12.7. The van der Waals surface area contributed by atoms with Crippen LogP contribution in [-0.2, 0) is 11.2 Å². The Morgan fingerprint density at radius 2 is 1.80 bits per heavy atom. The van der Waals surface area contributed by atoms with Crippen LogP contribution in [0.4, 0.5) is 4.39 Å². The first-order chi connectivity index (χ1) is 12.0. The fraction of sp³-hybridized carbons (Fsp3) is 0.286. The van der Waals surface area contributed by atoms with Gasteiger partial charge < -0.3 is 4.74 Å². The fourth-order valence-corrected chi connectivity index (χ4v) is 2.57. The molecule has 132 valence electrons. The van der Waals surface area contributed by atoms with Crippen molar-refractivity contribution in [3.05, 3.63) is 66.0 Å². The minimum atomic E-state index is -0.668. The van der Waals surface area contributed by atoms with Crippen LogP contribution in [0.15, 0.2) is 54.6 Å². The molecule has 2 rings (SSSR count). The van der Waals surface area contributed by atoms with E-state index in [9.17, 15) is 9.18 Å². The molecule has 0 aliphatic carbocycles. The zero-order valence-electron chi connectivity index (χ0n) is 14.4. The molecule has 0 heterocycles. The molecule has 0 aliphatic rings. The van der Waals surface area contributed by atoms with Crippen LogP contribution in [0, 0.1) is 5.82 Å². The van der Waals surface area contributed by atoms with Crippen LogP contribution in [0.1, 0.15) is 31.7 Å². The second-order valence-electron chi connectivity index (χ2n) is 5.95. The second kappa shape index (κ2) is 9.42. The Hall–Kier alpha value is -2.07. The van der Waals surface area contributed by atoms with Gasteiger partial charge in [-0.1, -0.05) is 56.7 Å². The van der Waals surface area contributed by atoms with Crippen LogP contribution in [0.25, 0.3) is 11.1 Å². The molecule has 0 saturated carbocycles. The highest BCUT2D eigenvalue weighted by molar-refractivity contribution is 7.80. The Morgan fingerprint density at radius 3 is 2.40 bits per heavy atom. The van der Waals surface area contributed by atoms with Crippen molar-refractivity contribution in [3.63, 3.8) is 0 Å². The number of thiol groups is 1. The van der Waals surface area contributed by atoms with E-state index in [2.05, 4.69) is 38.3 Å². The van der Waals surface area contributed by atoms with E-state index in [-0.39, 0.29) is 17.1 Å². The number of hydrogen-bond acceptors (Lipinski definition) is 3. The summed E-state index contributed by atoms with van der Waals surface area (Å²) >= 11 is 3.95. The largest absolute Gasteiger partial charge is 0.420 e. The van der Waals surface area contributed by atoms with Gasteiger partial charge in [-0.3, -0.25) is 0 Å². The molecule has 25 heavy (non-hydrogen) atoms. The molecule has 0 atom stereocenters. The summed E-state index contributed by atoms with van der Waals surface area (Å²) in [5.74, 6) is -1.18. The van der Waals surface area contributed by atoms with Crippen molar-refractivity contribution in [2.45, 2.75) is 32.6 Å². The monoisotopic (exact) mass is 358 g/mol. The molecule has 0 aliphatic heterocycles. The number of carbonyl (C=O) groups excluding carboxylic acids is 1. The third-order valence-corrected chi connectivity index (χ3v) is 4.35. The number of ether oxygens (including phenoxy) is 1. The van der Waals surface area contributed by atoms with E-state index in [1.54, 1.807) is 6.07 Å². The standard InChI is InChI=1S/C21H23FO2S/c1-3-4-5-6-16-7-9-17(10-8-16)18-11-12-20(19(22)13-18)24-21(23)15(2)14-25/h7-13,25H,2-6,14H2,1H3. The fourth-order valence-electron chi connectivity index (χ4n) is 2.44. The number of carbonyl (C=O) groups is 1. The van der Waals surface area contributed by atoms with Crippen LogP contribution in [0.2, 0.25) is 0 Å². The molecule has 0 unspecified atom stereocenters. The summed E-state index contributed by atoms with van der Waals surface area (Å²) in [5, 5.41) is 0. The van der Waals surface area contributed by atoms with E-state index < -0.39 is 11.8 Å². The minimum absolute atomic E-state index is 0.104. The van der Waals surface area contributed by atoms with Gasteiger partial charge in [-0.2, -0.15) is 12.6 Å². The van der Waals surface area contributed by atoms with E-state index in [4.69, 9.17) is 4.74 Å². The summed E-state index contributed by atoms with van der Waals surface area (Å²) in [5.41, 5.74) is 3.14. The Morgan fingerprint density at radius 1 is 1.12 bits per heavy atom. The first-order valence-corrected chi connectivity index (χ1v) is 9.08. The first kappa shape index (κ1) is 19.3. The molecular weight excluding hydrogens is 335 g/mol. The Balaban J connectivity index is 2.09. The molecule has 4 heteroatoms. The quantitative estimate of drug-likeness (QED) is 0.218. The maximum atomic E-state index is 14.2. The van der Waals surface area contributed by atoms with Gasteiger partial charge in [-0.05, 0) is 41.7 Å². The van der Waals surface area contributed by atoms with Gasteiger partial charge in [0.15, 0.2) is 11.6 Å². The molecule has 0 spiro atoms. The van der Waals surface area contributed by atoms with Gasteiger partial charge in [0, 0.05) is 11.3 Å². The van der Waals surface area contributed by atoms with Crippen LogP contribution in [0.3, 0.4) is 0 Å². The highest BCUT2D eigenvalue weighted by Crippen LogP contribution is 2.26. The molecule has 0 bridgehead atoms. The van der Waals surface area contributed by atoms with E-state index in [1.807, 2.05) is 12.1 Å². The Bertz CT molecular complexity index is 738. The normalized spacial score (nSPS) is 10.5. The zero-order valence-corrected chi connectivity index (χ0v) is 15.3. The van der Waals surface area contributed by atoms with Crippen molar-refractivity contribution in [1.82, 2.24) is 0 Å². The van der Waals surface area contributed by atoms with Gasteiger partial charge in [0.1, 0.15) is 0 Å². The van der Waals surface area contributed by atoms with Crippen LogP contribution in [0.5, 0.6) is 5.75 Å². The van der Waals surface area contributed by atoms with E-state index in [1.165, 1.54) is 37.0 Å². The predicted molar refractivity (Wildman–Crippen MR) is 104 cm³/mol. The van der Waals surface area contributed by atoms with Gasteiger partial charge >= 0.3 is 5.97 Å². The number of esters is 1. The summed E-state index contributed by atoms with van der Waals surface area (Å²) in [7, 11) is 0. The lowest BCUT2D eigenvalue weighted by atomic mass is 10.0. The van der Waals surface area contributed by atoms with Crippen molar-refractivity contribution in [1.29, 1.82) is 0 Å². The molecule has 2 nitrogen and oxygen atoms in total. The van der Waals surface area contributed by atoms with E-state index in [0.717, 1.165) is 17.5 Å². The van der Waals surface area contributed by atoms with E-state index >= 15 is 0 Å². The van der Waals surface area contributed by atoms with Crippen molar-refractivity contribution >= 4 is 18.6 Å². The highest BCUT2D eigenvalue weighted by Gasteiger charge is 2.13. The zero-order chi connectivity index (χ0) is 18.2. The second-order valence-corrected chi connectivity index (χ2v) is 6.27. The topological polar surface area (TPSA) is 26.3 Å². The van der Waals surface area contributed by atoms with Crippen LogP contribution < -0.4 is 4.74 Å². The van der Waals surface area contributed by atoms with Crippen LogP contribution in [-0.4, -0.2) is 11.7 Å². The maximum Gasteiger partial charge on any atom is 0.339 e. The van der Waals surface area contributed by atoms with Crippen LogP contribution >= 0.6 is 12.6 Å². The molecule has 0 saturated heterocycles. The predicted octanol–water partition coefficient (Wildman–Crippen LogP) is 5.62. The number of rotatable bonds is 8. The average Bonchev–Trinajstić information content (AvgIpc) is 2.63. The Kier molecular flexibility index (Phi) is 7.26. The molecule has 0 radical (unpaired) electrons. The average molecular weight is 358 g/mol. The lowest BCUT2D eigenvalue weighted by Gasteiger charge is -2.09. The highest BCUT2D eigenvalue weighted by atomic mass is 32.1. The van der Waals surface area contributed by atoms with Gasteiger partial charge in [-0.25, -0.2) is 9.18 Å². The van der Waals surface area contributed by atoms with Gasteiger partial charge in [0.2, 0.25) is 0 Å². The van der Waals surface area contributed by atoms with Crippen molar-refractivity contribution in [3.8, 4) is 16.9 Å². The van der Waals surface area contributed by atoms with E-state index in [0.29, 0.717) is 0 Å². The van der Waals surface area contributed by atoms with Crippen molar-refractivity contribution in [2.24, 2.45) is 0 Å². The van der Waals surface area contributed by atoms with Crippen molar-refractivity contribution in [2.75, 3.05) is 5.75 Å². The van der Waals surface area contributed by atoms with Gasteiger partial charge in [-0.15, -0.1) is 0 Å². The number of halogens is 1. The smallest absolute Gasteiger partial charge is 0.339 e. The lowest BCUT2D eigenvalue weighted by molar-refractivity contribution is -0.130. The maximum absolute atomic E-state index is 14.2. The minimum Gasteiger partial charge on any atom is -0.420 e.